The quantitative estimate of drug-likeness (QED) is 0.727. The van der Waals surface area contributed by atoms with Crippen LogP contribution in [0.2, 0.25) is 5.15 Å². The van der Waals surface area contributed by atoms with Gasteiger partial charge in [0.1, 0.15) is 10.8 Å². The van der Waals surface area contributed by atoms with E-state index in [2.05, 4.69) is 9.88 Å². The molecule has 0 radical (unpaired) electrons. The zero-order valence-corrected chi connectivity index (χ0v) is 15.2. The van der Waals surface area contributed by atoms with Gasteiger partial charge in [-0.3, -0.25) is 4.90 Å². The Kier molecular flexibility index (Phi) is 4.99. The molecule has 2 aliphatic rings. The number of aromatic nitrogens is 1. The van der Waals surface area contributed by atoms with Crippen LogP contribution in [-0.2, 0) is 16.0 Å². The third kappa shape index (κ3) is 3.99. The number of rotatable bonds is 1. The normalized spacial score (nSPS) is 22.2. The Labute approximate surface area is 147 Å². The van der Waals surface area contributed by atoms with E-state index in [4.69, 9.17) is 21.1 Å². The van der Waals surface area contributed by atoms with Crippen molar-refractivity contribution >= 4 is 17.7 Å². The summed E-state index contributed by atoms with van der Waals surface area (Å²) in [7, 11) is 0. The van der Waals surface area contributed by atoms with Gasteiger partial charge >= 0.3 is 6.09 Å². The molecule has 3 heterocycles. The number of amides is 1. The van der Waals surface area contributed by atoms with E-state index >= 15 is 0 Å². The Morgan fingerprint density at radius 3 is 2.71 bits per heavy atom. The molecule has 1 unspecified atom stereocenters. The highest BCUT2D eigenvalue weighted by molar-refractivity contribution is 6.29. The van der Waals surface area contributed by atoms with E-state index in [9.17, 15) is 4.79 Å². The topological polar surface area (TPSA) is 54.9 Å². The molecule has 1 fully saturated rings. The lowest BCUT2D eigenvalue weighted by atomic mass is 9.99. The molecule has 1 aromatic heterocycles. The number of hydrogen-bond donors (Lipinski definition) is 0. The standard InChI is InChI=1S/C17H24ClN3O3/c1-17(2,3)24-16(22)21-10-12-4-5-14(18)19-15(12)13(11-21)20-6-8-23-9-7-20/h4-5,13H,6-11H2,1-3H3. The van der Waals surface area contributed by atoms with Crippen molar-refractivity contribution in [2.24, 2.45) is 0 Å². The molecule has 132 valence electrons. The molecule has 0 bridgehead atoms. The van der Waals surface area contributed by atoms with E-state index in [0.717, 1.165) is 24.3 Å². The van der Waals surface area contributed by atoms with Crippen molar-refractivity contribution in [2.75, 3.05) is 32.8 Å². The van der Waals surface area contributed by atoms with E-state index in [0.29, 0.717) is 31.5 Å². The molecule has 0 spiro atoms. The summed E-state index contributed by atoms with van der Waals surface area (Å²) in [4.78, 5) is 21.1. The van der Waals surface area contributed by atoms with Gasteiger partial charge in [0, 0.05) is 19.6 Å². The van der Waals surface area contributed by atoms with Gasteiger partial charge < -0.3 is 14.4 Å². The molecule has 24 heavy (non-hydrogen) atoms. The lowest BCUT2D eigenvalue weighted by Gasteiger charge is -2.41. The van der Waals surface area contributed by atoms with Gasteiger partial charge in [-0.2, -0.15) is 0 Å². The van der Waals surface area contributed by atoms with E-state index in [-0.39, 0.29) is 12.1 Å². The van der Waals surface area contributed by atoms with Crippen LogP contribution in [0.4, 0.5) is 4.79 Å². The van der Waals surface area contributed by atoms with E-state index in [1.165, 1.54) is 0 Å². The van der Waals surface area contributed by atoms with Gasteiger partial charge in [-0.1, -0.05) is 17.7 Å². The number of halogens is 1. The largest absolute Gasteiger partial charge is 0.444 e. The fourth-order valence-electron chi connectivity index (χ4n) is 3.11. The highest BCUT2D eigenvalue weighted by Crippen LogP contribution is 2.32. The number of carbonyl (C=O) groups is 1. The van der Waals surface area contributed by atoms with Gasteiger partial charge in [0.2, 0.25) is 0 Å². The van der Waals surface area contributed by atoms with Crippen molar-refractivity contribution in [2.45, 2.75) is 39.0 Å². The maximum absolute atomic E-state index is 12.5. The average molecular weight is 354 g/mol. The van der Waals surface area contributed by atoms with Crippen molar-refractivity contribution in [3.05, 3.63) is 28.5 Å². The van der Waals surface area contributed by atoms with Gasteiger partial charge in [0.05, 0.1) is 31.5 Å². The number of ether oxygens (including phenoxy) is 2. The van der Waals surface area contributed by atoms with Crippen LogP contribution >= 0.6 is 11.6 Å². The smallest absolute Gasteiger partial charge is 0.410 e. The summed E-state index contributed by atoms with van der Waals surface area (Å²) >= 11 is 6.11. The maximum Gasteiger partial charge on any atom is 0.410 e. The molecule has 3 rings (SSSR count). The number of carbonyl (C=O) groups excluding carboxylic acids is 1. The summed E-state index contributed by atoms with van der Waals surface area (Å²) in [5.74, 6) is 0. The molecule has 0 aliphatic carbocycles. The molecule has 0 aromatic carbocycles. The number of morpholine rings is 1. The van der Waals surface area contributed by atoms with Crippen LogP contribution in [0.1, 0.15) is 38.1 Å². The SMILES string of the molecule is CC(C)(C)OC(=O)N1Cc2ccc(Cl)nc2C(N2CCOCC2)C1. The number of fused-ring (bicyclic) bond motifs is 1. The minimum absolute atomic E-state index is 0.0175. The molecule has 2 aliphatic heterocycles. The molecule has 7 heteroatoms. The van der Waals surface area contributed by atoms with Gasteiger partial charge in [0.25, 0.3) is 0 Å². The second-order valence-electron chi connectivity index (χ2n) is 7.20. The fraction of sp³-hybridized carbons (Fsp3) is 0.647. The molecule has 6 nitrogen and oxygen atoms in total. The van der Waals surface area contributed by atoms with Gasteiger partial charge in [-0.05, 0) is 32.4 Å². The van der Waals surface area contributed by atoms with Crippen LogP contribution in [0, 0.1) is 0 Å². The summed E-state index contributed by atoms with van der Waals surface area (Å²) < 4.78 is 11.0. The lowest BCUT2D eigenvalue weighted by Crippen LogP contribution is -2.49. The predicted molar refractivity (Wildman–Crippen MR) is 91.0 cm³/mol. The van der Waals surface area contributed by atoms with E-state index in [1.807, 2.05) is 26.8 Å². The highest BCUT2D eigenvalue weighted by atomic mass is 35.5. The third-order valence-electron chi connectivity index (χ3n) is 4.19. The van der Waals surface area contributed by atoms with Crippen LogP contribution in [0.15, 0.2) is 12.1 Å². The Morgan fingerprint density at radius 2 is 2.04 bits per heavy atom. The van der Waals surface area contributed by atoms with Crippen LogP contribution in [0.3, 0.4) is 0 Å². The summed E-state index contributed by atoms with van der Waals surface area (Å²) in [5.41, 5.74) is 1.47. The summed E-state index contributed by atoms with van der Waals surface area (Å²) in [5, 5.41) is 0.484. The van der Waals surface area contributed by atoms with Gasteiger partial charge in [-0.15, -0.1) is 0 Å². The second kappa shape index (κ2) is 6.86. The molecule has 1 saturated heterocycles. The predicted octanol–water partition coefficient (Wildman–Crippen LogP) is 2.86. The minimum Gasteiger partial charge on any atom is -0.444 e. The van der Waals surface area contributed by atoms with Gasteiger partial charge in [-0.25, -0.2) is 9.78 Å². The number of hydrogen-bond acceptors (Lipinski definition) is 5. The fourth-order valence-corrected chi connectivity index (χ4v) is 3.26. The van der Waals surface area contributed by atoms with Crippen molar-refractivity contribution in [3.63, 3.8) is 0 Å². The molecule has 1 aromatic rings. The molecule has 0 saturated carbocycles. The first-order valence-electron chi connectivity index (χ1n) is 8.28. The Morgan fingerprint density at radius 1 is 1.33 bits per heavy atom. The van der Waals surface area contributed by atoms with Crippen LogP contribution < -0.4 is 0 Å². The Hall–Kier alpha value is -1.37. The van der Waals surface area contributed by atoms with E-state index in [1.54, 1.807) is 11.0 Å². The first kappa shape index (κ1) is 17.5. The molecule has 1 atom stereocenters. The van der Waals surface area contributed by atoms with Crippen molar-refractivity contribution in [3.8, 4) is 0 Å². The van der Waals surface area contributed by atoms with Crippen molar-refractivity contribution < 1.29 is 14.3 Å². The Balaban J connectivity index is 1.86. The van der Waals surface area contributed by atoms with Crippen LogP contribution in [0.25, 0.3) is 0 Å². The second-order valence-corrected chi connectivity index (χ2v) is 7.59. The molecular formula is C17H24ClN3O3. The summed E-state index contributed by atoms with van der Waals surface area (Å²) in [6.45, 7) is 9.71. The minimum atomic E-state index is -0.510. The van der Waals surface area contributed by atoms with Crippen molar-refractivity contribution in [1.82, 2.24) is 14.8 Å². The lowest BCUT2D eigenvalue weighted by molar-refractivity contribution is -0.0102. The van der Waals surface area contributed by atoms with E-state index < -0.39 is 5.60 Å². The molecule has 0 N–H and O–H groups in total. The van der Waals surface area contributed by atoms with Crippen molar-refractivity contribution in [1.29, 1.82) is 0 Å². The van der Waals surface area contributed by atoms with Gasteiger partial charge in [0.15, 0.2) is 0 Å². The highest BCUT2D eigenvalue weighted by Gasteiger charge is 2.35. The number of pyridine rings is 1. The molecular weight excluding hydrogens is 330 g/mol. The zero-order valence-electron chi connectivity index (χ0n) is 14.4. The maximum atomic E-state index is 12.5. The zero-order chi connectivity index (χ0) is 17.3. The number of nitrogens with zero attached hydrogens (tertiary/aromatic N) is 3. The molecule has 1 amide bonds. The van der Waals surface area contributed by atoms with Crippen LogP contribution in [0.5, 0.6) is 0 Å². The monoisotopic (exact) mass is 353 g/mol. The first-order chi connectivity index (χ1) is 11.3. The Bertz CT molecular complexity index is 612. The van der Waals surface area contributed by atoms with Crippen LogP contribution in [-0.4, -0.2) is 59.3 Å². The summed E-state index contributed by atoms with van der Waals surface area (Å²) in [6.07, 6.45) is -0.290. The average Bonchev–Trinajstić information content (AvgIpc) is 2.53. The first-order valence-corrected chi connectivity index (χ1v) is 8.66. The summed E-state index contributed by atoms with van der Waals surface area (Å²) in [6, 6.07) is 3.74. The third-order valence-corrected chi connectivity index (χ3v) is 4.40.